The van der Waals surface area contributed by atoms with Crippen LogP contribution in [0.2, 0.25) is 0 Å². The fourth-order valence-corrected chi connectivity index (χ4v) is 2.87. The van der Waals surface area contributed by atoms with Crippen molar-refractivity contribution >= 4 is 11.9 Å². The standard InChI is InChI=1S/C17H30O4/c1-11(2)9-14(17(3,4)5)21-16(20)13-8-6-7-12(10-13)15(18)19/h11-14H,6-10H2,1-5H3,(H,18,19). The van der Waals surface area contributed by atoms with Crippen molar-refractivity contribution in [2.24, 2.45) is 23.2 Å². The van der Waals surface area contributed by atoms with Crippen molar-refractivity contribution in [3.63, 3.8) is 0 Å². The van der Waals surface area contributed by atoms with Gasteiger partial charge in [0.2, 0.25) is 0 Å². The first kappa shape index (κ1) is 18.0. The van der Waals surface area contributed by atoms with Crippen molar-refractivity contribution in [3.05, 3.63) is 0 Å². The maximum absolute atomic E-state index is 12.4. The van der Waals surface area contributed by atoms with E-state index in [9.17, 15) is 9.59 Å². The van der Waals surface area contributed by atoms with E-state index < -0.39 is 11.9 Å². The molecule has 0 aromatic carbocycles. The molecule has 1 rings (SSSR count). The van der Waals surface area contributed by atoms with E-state index in [1.807, 2.05) is 0 Å². The van der Waals surface area contributed by atoms with Gasteiger partial charge in [-0.15, -0.1) is 0 Å². The molecular formula is C17H30O4. The van der Waals surface area contributed by atoms with Crippen LogP contribution in [0.4, 0.5) is 0 Å². The second-order valence-corrected chi connectivity index (χ2v) is 7.82. The van der Waals surface area contributed by atoms with Crippen molar-refractivity contribution in [3.8, 4) is 0 Å². The minimum Gasteiger partial charge on any atom is -0.481 e. The molecule has 122 valence electrons. The van der Waals surface area contributed by atoms with Crippen LogP contribution in [0.25, 0.3) is 0 Å². The lowest BCUT2D eigenvalue weighted by Crippen LogP contribution is -2.36. The average Bonchev–Trinajstić information content (AvgIpc) is 2.36. The molecule has 0 spiro atoms. The van der Waals surface area contributed by atoms with E-state index in [4.69, 9.17) is 9.84 Å². The van der Waals surface area contributed by atoms with Gasteiger partial charge in [0.05, 0.1) is 11.8 Å². The normalized spacial score (nSPS) is 24.7. The Bertz CT molecular complexity index is 367. The van der Waals surface area contributed by atoms with E-state index in [1.165, 1.54) is 0 Å². The molecule has 3 unspecified atom stereocenters. The molecule has 0 radical (unpaired) electrons. The summed E-state index contributed by atoms with van der Waals surface area (Å²) in [6, 6.07) is 0. The molecule has 21 heavy (non-hydrogen) atoms. The Morgan fingerprint density at radius 2 is 1.76 bits per heavy atom. The van der Waals surface area contributed by atoms with Gasteiger partial charge in [-0.25, -0.2) is 0 Å². The molecule has 3 atom stereocenters. The molecule has 0 heterocycles. The molecule has 1 aliphatic carbocycles. The number of hydrogen-bond acceptors (Lipinski definition) is 3. The molecule has 0 aromatic rings. The van der Waals surface area contributed by atoms with Crippen LogP contribution in [-0.4, -0.2) is 23.1 Å². The van der Waals surface area contributed by atoms with Crippen molar-refractivity contribution in [1.82, 2.24) is 0 Å². The molecule has 1 aliphatic rings. The second-order valence-electron chi connectivity index (χ2n) is 7.82. The molecule has 0 amide bonds. The first-order chi connectivity index (χ1) is 9.61. The molecule has 4 heteroatoms. The molecule has 1 fully saturated rings. The lowest BCUT2D eigenvalue weighted by molar-refractivity contribution is -0.163. The van der Waals surface area contributed by atoms with Gasteiger partial charge in [-0.2, -0.15) is 0 Å². The SMILES string of the molecule is CC(C)CC(OC(=O)C1CCCC(C(=O)O)C1)C(C)(C)C. The number of esters is 1. The first-order valence-corrected chi connectivity index (χ1v) is 8.04. The number of carbonyl (C=O) groups excluding carboxylic acids is 1. The van der Waals surface area contributed by atoms with E-state index in [0.29, 0.717) is 18.8 Å². The van der Waals surface area contributed by atoms with Gasteiger partial charge in [0.25, 0.3) is 0 Å². The van der Waals surface area contributed by atoms with Crippen molar-refractivity contribution in [2.75, 3.05) is 0 Å². The topological polar surface area (TPSA) is 63.6 Å². The fourth-order valence-electron chi connectivity index (χ4n) is 2.87. The van der Waals surface area contributed by atoms with E-state index >= 15 is 0 Å². The molecule has 1 N–H and O–H groups in total. The molecular weight excluding hydrogens is 268 g/mol. The number of carbonyl (C=O) groups is 2. The summed E-state index contributed by atoms with van der Waals surface area (Å²) < 4.78 is 5.76. The summed E-state index contributed by atoms with van der Waals surface area (Å²) in [6.45, 7) is 10.5. The van der Waals surface area contributed by atoms with E-state index in [2.05, 4.69) is 34.6 Å². The number of rotatable bonds is 5. The number of carboxylic acid groups (broad SMARTS) is 1. The minimum absolute atomic E-state index is 0.0964. The Kier molecular flexibility index (Phi) is 6.24. The Balaban J connectivity index is 2.66. The molecule has 0 bridgehead atoms. The molecule has 1 saturated carbocycles. The monoisotopic (exact) mass is 298 g/mol. The van der Waals surface area contributed by atoms with Gasteiger partial charge < -0.3 is 9.84 Å². The summed E-state index contributed by atoms with van der Waals surface area (Å²) in [5.41, 5.74) is -0.0964. The predicted molar refractivity (Wildman–Crippen MR) is 81.9 cm³/mol. The largest absolute Gasteiger partial charge is 0.481 e. The van der Waals surface area contributed by atoms with Crippen LogP contribution >= 0.6 is 0 Å². The van der Waals surface area contributed by atoms with E-state index in [1.54, 1.807) is 0 Å². The van der Waals surface area contributed by atoms with Gasteiger partial charge in [0, 0.05) is 0 Å². The van der Waals surface area contributed by atoms with Gasteiger partial charge >= 0.3 is 11.9 Å². The third-order valence-corrected chi connectivity index (χ3v) is 4.27. The van der Waals surface area contributed by atoms with Crippen molar-refractivity contribution < 1.29 is 19.4 Å². The molecule has 4 nitrogen and oxygen atoms in total. The van der Waals surface area contributed by atoms with Crippen molar-refractivity contribution in [2.45, 2.75) is 72.8 Å². The smallest absolute Gasteiger partial charge is 0.309 e. The van der Waals surface area contributed by atoms with E-state index in [-0.39, 0.29) is 23.4 Å². The second kappa shape index (κ2) is 7.28. The van der Waals surface area contributed by atoms with Crippen LogP contribution in [0.15, 0.2) is 0 Å². The Morgan fingerprint density at radius 3 is 2.24 bits per heavy atom. The number of ether oxygens (including phenoxy) is 1. The molecule has 0 aliphatic heterocycles. The zero-order chi connectivity index (χ0) is 16.2. The Hall–Kier alpha value is -1.06. The summed E-state index contributed by atoms with van der Waals surface area (Å²) in [5.74, 6) is -1.19. The van der Waals surface area contributed by atoms with Crippen LogP contribution in [0, 0.1) is 23.2 Å². The van der Waals surface area contributed by atoms with Crippen LogP contribution < -0.4 is 0 Å². The molecule has 0 saturated heterocycles. The highest BCUT2D eigenvalue weighted by molar-refractivity contribution is 5.75. The zero-order valence-corrected chi connectivity index (χ0v) is 14.0. The van der Waals surface area contributed by atoms with Gasteiger partial charge in [-0.1, -0.05) is 41.0 Å². The number of aliphatic carboxylic acids is 1. The molecule has 0 aromatic heterocycles. The third-order valence-electron chi connectivity index (χ3n) is 4.27. The quantitative estimate of drug-likeness (QED) is 0.782. The Labute approximate surface area is 128 Å². The maximum Gasteiger partial charge on any atom is 0.309 e. The lowest BCUT2D eigenvalue weighted by atomic mass is 9.81. The summed E-state index contributed by atoms with van der Waals surface area (Å²) in [5, 5.41) is 9.12. The highest BCUT2D eigenvalue weighted by Crippen LogP contribution is 2.33. The highest BCUT2D eigenvalue weighted by Gasteiger charge is 2.35. The average molecular weight is 298 g/mol. The maximum atomic E-state index is 12.4. The Morgan fingerprint density at radius 1 is 1.19 bits per heavy atom. The fraction of sp³-hybridized carbons (Fsp3) is 0.882. The zero-order valence-electron chi connectivity index (χ0n) is 14.0. The van der Waals surface area contributed by atoms with Crippen molar-refractivity contribution in [1.29, 1.82) is 0 Å². The summed E-state index contributed by atoms with van der Waals surface area (Å²) in [4.78, 5) is 23.5. The summed E-state index contributed by atoms with van der Waals surface area (Å²) >= 11 is 0. The van der Waals surface area contributed by atoms with E-state index in [0.717, 1.165) is 19.3 Å². The minimum atomic E-state index is -0.790. The number of carboxylic acids is 1. The number of hydrogen-bond donors (Lipinski definition) is 1. The van der Waals surface area contributed by atoms with Gasteiger partial charge in [-0.05, 0) is 37.0 Å². The van der Waals surface area contributed by atoms with Crippen LogP contribution in [0.5, 0.6) is 0 Å². The van der Waals surface area contributed by atoms with Gasteiger partial charge in [-0.3, -0.25) is 9.59 Å². The summed E-state index contributed by atoms with van der Waals surface area (Å²) in [6.07, 6.45) is 3.36. The van der Waals surface area contributed by atoms with Gasteiger partial charge in [0.15, 0.2) is 0 Å². The van der Waals surface area contributed by atoms with Crippen LogP contribution in [0.3, 0.4) is 0 Å². The van der Waals surface area contributed by atoms with Crippen LogP contribution in [-0.2, 0) is 14.3 Å². The summed E-state index contributed by atoms with van der Waals surface area (Å²) in [7, 11) is 0. The van der Waals surface area contributed by atoms with Crippen LogP contribution in [0.1, 0.15) is 66.7 Å². The first-order valence-electron chi connectivity index (χ1n) is 8.04. The lowest BCUT2D eigenvalue weighted by Gasteiger charge is -2.34. The predicted octanol–water partition coefficient (Wildman–Crippen LogP) is 3.88. The highest BCUT2D eigenvalue weighted by atomic mass is 16.5. The third kappa shape index (κ3) is 5.68. The van der Waals surface area contributed by atoms with Gasteiger partial charge in [0.1, 0.15) is 6.10 Å².